The van der Waals surface area contributed by atoms with E-state index in [1.54, 1.807) is 0 Å². The van der Waals surface area contributed by atoms with E-state index in [0.717, 1.165) is 45.8 Å². The average Bonchev–Trinajstić information content (AvgIpc) is 2.14. The number of morpholine rings is 1. The van der Waals surface area contributed by atoms with Crippen LogP contribution in [-0.2, 0) is 4.74 Å². The van der Waals surface area contributed by atoms with Crippen LogP contribution in [0.2, 0.25) is 0 Å². The first-order chi connectivity index (χ1) is 5.93. The van der Waals surface area contributed by atoms with E-state index < -0.39 is 0 Å². The molecule has 4 heteroatoms. The van der Waals surface area contributed by atoms with Gasteiger partial charge < -0.3 is 0 Å². The van der Waals surface area contributed by atoms with E-state index in [4.69, 9.17) is 4.74 Å². The Balaban J connectivity index is 2.01. The van der Waals surface area contributed by atoms with Crippen LogP contribution in [-0.4, -0.2) is 64.6 Å². The minimum atomic E-state index is 0.879. The fourth-order valence-electron chi connectivity index (χ4n) is 1.24. The summed E-state index contributed by atoms with van der Waals surface area (Å²) in [5, 5.41) is 0. The molecule has 1 aliphatic rings. The summed E-state index contributed by atoms with van der Waals surface area (Å²) < 4.78 is 7.91. The van der Waals surface area contributed by atoms with Crippen molar-refractivity contribution in [1.82, 2.24) is 4.90 Å². The van der Waals surface area contributed by atoms with Crippen LogP contribution in [0.4, 0.5) is 0 Å². The van der Waals surface area contributed by atoms with Crippen LogP contribution in [0.1, 0.15) is 6.42 Å². The van der Waals surface area contributed by atoms with Gasteiger partial charge in [-0.1, -0.05) is 0 Å². The summed E-state index contributed by atoms with van der Waals surface area (Å²) in [4.78, 5) is 6.41. The molecule has 0 aromatic carbocycles. The molecule has 1 aliphatic heterocycles. The van der Waals surface area contributed by atoms with Crippen molar-refractivity contribution in [3.05, 3.63) is 0 Å². The predicted molar refractivity (Wildman–Crippen MR) is 49.9 cm³/mol. The number of ether oxygens (including phenoxy) is 1. The zero-order valence-corrected chi connectivity index (χ0v) is 8.87. The van der Waals surface area contributed by atoms with E-state index in [0.29, 0.717) is 0 Å². The number of nitrogens with zero attached hydrogens (tertiary/aromatic N) is 2. The van der Waals surface area contributed by atoms with Crippen LogP contribution in [0.15, 0.2) is 4.99 Å². The van der Waals surface area contributed by atoms with Crippen LogP contribution in [0.3, 0.4) is 0 Å². The van der Waals surface area contributed by atoms with Crippen molar-refractivity contribution in [2.75, 3.05) is 39.4 Å². The first-order valence-electron chi connectivity index (χ1n) is 4.27. The van der Waals surface area contributed by atoms with Crippen LogP contribution in [0.25, 0.3) is 0 Å². The van der Waals surface area contributed by atoms with Crippen molar-refractivity contribution in [3.8, 4) is 0 Å². The van der Waals surface area contributed by atoms with E-state index >= 15 is 0 Å². The minimum absolute atomic E-state index is 0.879. The third kappa shape index (κ3) is 4.15. The fourth-order valence-corrected chi connectivity index (χ4v) is 1.44. The van der Waals surface area contributed by atoms with Crippen molar-refractivity contribution >= 4 is 20.3 Å². The normalized spacial score (nSPS) is 18.7. The zero-order valence-electron chi connectivity index (χ0n) is 7.16. The van der Waals surface area contributed by atoms with Gasteiger partial charge in [-0.3, -0.25) is 0 Å². The average molecular weight is 233 g/mol. The number of hydrogen-bond donors (Lipinski definition) is 0. The predicted octanol–water partition coefficient (Wildman–Crippen LogP) is -0.218. The second kappa shape index (κ2) is 6.53. The summed E-state index contributed by atoms with van der Waals surface area (Å²) in [6.45, 7) is 5.93. The molecule has 0 saturated carbocycles. The third-order valence-electron chi connectivity index (χ3n) is 1.91. The zero-order chi connectivity index (χ0) is 8.65. The first-order valence-corrected chi connectivity index (χ1v) is 5.13. The molecule has 0 amide bonds. The van der Waals surface area contributed by atoms with Gasteiger partial charge in [-0.2, -0.15) is 0 Å². The van der Waals surface area contributed by atoms with Crippen molar-refractivity contribution < 1.29 is 4.74 Å². The van der Waals surface area contributed by atoms with Crippen LogP contribution in [0, 0.1) is 0 Å². The topological polar surface area (TPSA) is 24.8 Å². The molecule has 12 heavy (non-hydrogen) atoms. The van der Waals surface area contributed by atoms with Crippen molar-refractivity contribution in [2.45, 2.75) is 6.42 Å². The van der Waals surface area contributed by atoms with E-state index in [1.165, 1.54) is 0 Å². The molecule has 0 unspecified atom stereocenters. The molecule has 0 spiro atoms. The number of hydrogen-bond acceptors (Lipinski definition) is 3. The van der Waals surface area contributed by atoms with Gasteiger partial charge in [-0.25, -0.2) is 0 Å². The Bertz CT molecular complexity index is 162. The molecule has 0 aromatic rings. The summed E-state index contributed by atoms with van der Waals surface area (Å²) in [7, 11) is 0. The van der Waals surface area contributed by atoms with Gasteiger partial charge in [0.25, 0.3) is 0 Å². The monoisotopic (exact) mass is 234 g/mol. The van der Waals surface area contributed by atoms with Crippen molar-refractivity contribution in [3.63, 3.8) is 0 Å². The molecule has 0 aromatic heterocycles. The molecule has 0 radical (unpaired) electrons. The van der Waals surface area contributed by atoms with E-state index in [-0.39, 0.29) is 0 Å². The SMILES string of the molecule is [Se]=C=NCCCN1CCOCC1. The van der Waals surface area contributed by atoms with E-state index in [1.807, 2.05) is 0 Å². The molecule has 0 bridgehead atoms. The maximum absolute atomic E-state index is 5.24. The number of rotatable bonds is 4. The Morgan fingerprint density at radius 1 is 1.42 bits per heavy atom. The Labute approximate surface area is 81.2 Å². The molecular formula is C8H14N2OSe. The molecule has 1 heterocycles. The van der Waals surface area contributed by atoms with Gasteiger partial charge in [0.1, 0.15) is 0 Å². The molecular weight excluding hydrogens is 219 g/mol. The molecule has 1 fully saturated rings. The van der Waals surface area contributed by atoms with Crippen molar-refractivity contribution in [1.29, 1.82) is 0 Å². The third-order valence-corrected chi connectivity index (χ3v) is 2.18. The Morgan fingerprint density at radius 2 is 2.17 bits per heavy atom. The second-order valence-corrected chi connectivity index (χ2v) is 3.16. The van der Waals surface area contributed by atoms with Crippen LogP contribution < -0.4 is 0 Å². The summed E-state index contributed by atoms with van der Waals surface area (Å²) in [6.07, 6.45) is 1.12. The Hall–Kier alpha value is 0.0195. The van der Waals surface area contributed by atoms with Crippen molar-refractivity contribution in [2.24, 2.45) is 4.99 Å². The summed E-state index contributed by atoms with van der Waals surface area (Å²) in [6, 6.07) is 0. The van der Waals surface area contributed by atoms with Gasteiger partial charge in [0.2, 0.25) is 0 Å². The standard InChI is InChI=1S/C8H14N2OSe/c12-8-9-2-1-3-10-4-6-11-7-5-10/h1-7H2. The van der Waals surface area contributed by atoms with Crippen LogP contribution in [0.5, 0.6) is 0 Å². The molecule has 1 rings (SSSR count). The van der Waals surface area contributed by atoms with E-state index in [9.17, 15) is 0 Å². The number of aliphatic imine (C=N–C) groups is 1. The van der Waals surface area contributed by atoms with Gasteiger partial charge in [0, 0.05) is 0 Å². The fraction of sp³-hybridized carbons (Fsp3) is 0.875. The molecule has 0 aliphatic carbocycles. The van der Waals surface area contributed by atoms with Gasteiger partial charge in [0.05, 0.1) is 0 Å². The molecule has 0 N–H and O–H groups in total. The van der Waals surface area contributed by atoms with Gasteiger partial charge in [0.15, 0.2) is 0 Å². The summed E-state index contributed by atoms with van der Waals surface area (Å²) in [5.41, 5.74) is 0. The van der Waals surface area contributed by atoms with Crippen LogP contribution >= 0.6 is 0 Å². The van der Waals surface area contributed by atoms with Gasteiger partial charge in [-0.05, 0) is 0 Å². The summed E-state index contributed by atoms with van der Waals surface area (Å²) >= 11 is 2.63. The Morgan fingerprint density at radius 3 is 2.83 bits per heavy atom. The second-order valence-electron chi connectivity index (χ2n) is 2.78. The quantitative estimate of drug-likeness (QED) is 0.381. The maximum atomic E-state index is 5.24. The first kappa shape index (κ1) is 10.1. The molecule has 1 saturated heterocycles. The molecule has 68 valence electrons. The molecule has 3 nitrogen and oxygen atoms in total. The van der Waals surface area contributed by atoms with E-state index in [2.05, 4.69) is 30.2 Å². The Kier molecular flexibility index (Phi) is 5.49. The van der Waals surface area contributed by atoms with Gasteiger partial charge >= 0.3 is 80.7 Å². The summed E-state index contributed by atoms with van der Waals surface area (Å²) in [5.74, 6) is 0. The van der Waals surface area contributed by atoms with Gasteiger partial charge in [-0.15, -0.1) is 0 Å². The molecule has 0 atom stereocenters.